The van der Waals surface area contributed by atoms with Crippen LogP contribution in [-0.2, 0) is 9.84 Å². The normalized spacial score (nSPS) is 11.8. The number of hydrogen-bond acceptors (Lipinski definition) is 3. The molecule has 0 fully saturated rings. The topological polar surface area (TPSA) is 62.8 Å². The Hall–Kier alpha value is -2.14. The summed E-state index contributed by atoms with van der Waals surface area (Å²) in [7, 11) is -3.51. The quantitative estimate of drug-likeness (QED) is 0.780. The fourth-order valence-corrected chi connectivity index (χ4v) is 3.18. The fourth-order valence-electron chi connectivity index (χ4n) is 1.92. The Morgan fingerprint density at radius 1 is 1.11 bits per heavy atom. The summed E-state index contributed by atoms with van der Waals surface area (Å²) in [5, 5.41) is 0.957. The van der Waals surface area contributed by atoms with Gasteiger partial charge >= 0.3 is 0 Å². The molecule has 5 heteroatoms. The number of H-pyrrole nitrogens is 1. The number of rotatable bonds is 2. The number of pyridine rings is 1. The molecule has 0 saturated heterocycles. The summed E-state index contributed by atoms with van der Waals surface area (Å²) in [5.74, 6) is 0. The molecule has 2 heterocycles. The van der Waals surface area contributed by atoms with Crippen molar-refractivity contribution in [2.45, 2.75) is 16.8 Å². The molecule has 0 saturated carbocycles. The third-order valence-electron chi connectivity index (χ3n) is 2.99. The van der Waals surface area contributed by atoms with E-state index < -0.39 is 9.84 Å². The van der Waals surface area contributed by atoms with Gasteiger partial charge in [-0.3, -0.25) is 0 Å². The molecule has 3 aromatic rings. The van der Waals surface area contributed by atoms with Gasteiger partial charge in [-0.25, -0.2) is 13.4 Å². The molecule has 0 unspecified atom stereocenters. The van der Waals surface area contributed by atoms with Crippen LogP contribution in [0.2, 0.25) is 0 Å². The number of aromatic nitrogens is 2. The predicted molar refractivity (Wildman–Crippen MR) is 72.7 cm³/mol. The van der Waals surface area contributed by atoms with E-state index in [4.69, 9.17) is 0 Å². The van der Waals surface area contributed by atoms with Crippen LogP contribution in [0.1, 0.15) is 5.56 Å². The van der Waals surface area contributed by atoms with Crippen molar-refractivity contribution in [2.24, 2.45) is 0 Å². The molecule has 3 rings (SSSR count). The molecular weight excluding hydrogens is 260 g/mol. The molecule has 4 nitrogen and oxygen atoms in total. The highest BCUT2D eigenvalue weighted by Crippen LogP contribution is 2.23. The summed E-state index contributed by atoms with van der Waals surface area (Å²) in [6.45, 7) is 1.92. The summed E-state index contributed by atoms with van der Waals surface area (Å²) in [4.78, 5) is 7.24. The highest BCUT2D eigenvalue weighted by Gasteiger charge is 2.19. The number of nitrogens with one attached hydrogen (secondary N) is 1. The van der Waals surface area contributed by atoms with E-state index in [1.807, 2.05) is 13.0 Å². The van der Waals surface area contributed by atoms with Gasteiger partial charge in [-0.15, -0.1) is 0 Å². The second kappa shape index (κ2) is 4.20. The summed E-state index contributed by atoms with van der Waals surface area (Å²) in [5.41, 5.74) is 1.60. The Morgan fingerprint density at radius 3 is 2.53 bits per heavy atom. The maximum atomic E-state index is 12.5. The van der Waals surface area contributed by atoms with Crippen LogP contribution < -0.4 is 0 Å². The van der Waals surface area contributed by atoms with Gasteiger partial charge in [0.25, 0.3) is 0 Å². The van der Waals surface area contributed by atoms with E-state index in [2.05, 4.69) is 9.97 Å². The van der Waals surface area contributed by atoms with Gasteiger partial charge in [0.2, 0.25) is 9.84 Å². The largest absolute Gasteiger partial charge is 0.330 e. The van der Waals surface area contributed by atoms with Crippen molar-refractivity contribution in [3.05, 3.63) is 54.2 Å². The molecule has 0 bridgehead atoms. The maximum absolute atomic E-state index is 12.5. The van der Waals surface area contributed by atoms with E-state index in [0.29, 0.717) is 5.65 Å². The monoisotopic (exact) mass is 272 g/mol. The van der Waals surface area contributed by atoms with Crippen molar-refractivity contribution in [3.8, 4) is 0 Å². The SMILES string of the molecule is Cc1ccc(S(=O)(=O)c2cc3cccnc3[nH]2)cc1. The van der Waals surface area contributed by atoms with Gasteiger partial charge in [0.05, 0.1) is 4.90 Å². The van der Waals surface area contributed by atoms with Crippen LogP contribution in [0.4, 0.5) is 0 Å². The summed E-state index contributed by atoms with van der Waals surface area (Å²) < 4.78 is 24.9. The molecule has 2 aromatic heterocycles. The zero-order valence-corrected chi connectivity index (χ0v) is 11.1. The lowest BCUT2D eigenvalue weighted by Crippen LogP contribution is -2.02. The average Bonchev–Trinajstić information content (AvgIpc) is 2.83. The van der Waals surface area contributed by atoms with Crippen LogP contribution in [0.25, 0.3) is 11.0 Å². The first-order valence-electron chi connectivity index (χ1n) is 5.83. The van der Waals surface area contributed by atoms with Gasteiger partial charge in [-0.1, -0.05) is 17.7 Å². The van der Waals surface area contributed by atoms with Gasteiger partial charge in [-0.2, -0.15) is 0 Å². The first-order chi connectivity index (χ1) is 9.07. The minimum Gasteiger partial charge on any atom is -0.330 e. The van der Waals surface area contributed by atoms with Gasteiger partial charge < -0.3 is 4.98 Å². The molecule has 0 aliphatic rings. The van der Waals surface area contributed by atoms with Crippen molar-refractivity contribution < 1.29 is 8.42 Å². The number of hydrogen-bond donors (Lipinski definition) is 1. The predicted octanol–water partition coefficient (Wildman–Crippen LogP) is 2.70. The highest BCUT2D eigenvalue weighted by molar-refractivity contribution is 7.91. The molecule has 96 valence electrons. The molecular formula is C14H12N2O2S. The summed E-state index contributed by atoms with van der Waals surface area (Å²) >= 11 is 0. The number of aryl methyl sites for hydroxylation is 1. The van der Waals surface area contributed by atoms with Crippen LogP contribution in [0.3, 0.4) is 0 Å². The first-order valence-corrected chi connectivity index (χ1v) is 7.31. The molecule has 0 aliphatic heterocycles. The molecule has 0 spiro atoms. The summed E-state index contributed by atoms with van der Waals surface area (Å²) in [6, 6.07) is 12.0. The molecule has 0 radical (unpaired) electrons. The van der Waals surface area contributed by atoms with Gasteiger partial charge in [0, 0.05) is 11.6 Å². The fraction of sp³-hybridized carbons (Fsp3) is 0.0714. The molecule has 0 atom stereocenters. The second-order valence-corrected chi connectivity index (χ2v) is 6.31. The third-order valence-corrected chi connectivity index (χ3v) is 4.68. The van der Waals surface area contributed by atoms with Crippen LogP contribution in [0.15, 0.2) is 58.6 Å². The Kier molecular flexibility index (Phi) is 2.64. The third kappa shape index (κ3) is 2.02. The lowest BCUT2D eigenvalue weighted by atomic mass is 10.2. The van der Waals surface area contributed by atoms with Gasteiger partial charge in [0.15, 0.2) is 0 Å². The standard InChI is InChI=1S/C14H12N2O2S/c1-10-4-6-12(7-5-10)19(17,18)13-9-11-3-2-8-15-14(11)16-13/h2-9H,1H3,(H,15,16). The number of benzene rings is 1. The molecule has 1 N–H and O–H groups in total. The van der Waals surface area contributed by atoms with Crippen LogP contribution in [0.5, 0.6) is 0 Å². The van der Waals surface area contributed by atoms with Crippen molar-refractivity contribution in [1.29, 1.82) is 0 Å². The lowest BCUT2D eigenvalue weighted by molar-refractivity contribution is 0.593. The van der Waals surface area contributed by atoms with E-state index in [1.54, 1.807) is 42.6 Å². The van der Waals surface area contributed by atoms with E-state index in [9.17, 15) is 8.42 Å². The zero-order valence-electron chi connectivity index (χ0n) is 10.3. The smallest absolute Gasteiger partial charge is 0.221 e. The number of fused-ring (bicyclic) bond motifs is 1. The number of nitrogens with zero attached hydrogens (tertiary/aromatic N) is 1. The van der Waals surface area contributed by atoms with E-state index >= 15 is 0 Å². The van der Waals surface area contributed by atoms with Crippen molar-refractivity contribution in [3.63, 3.8) is 0 Å². The highest BCUT2D eigenvalue weighted by atomic mass is 32.2. The molecule has 1 aromatic carbocycles. The van der Waals surface area contributed by atoms with Crippen LogP contribution >= 0.6 is 0 Å². The lowest BCUT2D eigenvalue weighted by Gasteiger charge is -2.02. The zero-order chi connectivity index (χ0) is 13.5. The van der Waals surface area contributed by atoms with E-state index in [0.717, 1.165) is 10.9 Å². The average molecular weight is 272 g/mol. The molecule has 0 aliphatic carbocycles. The number of aromatic amines is 1. The van der Waals surface area contributed by atoms with E-state index in [1.165, 1.54) is 0 Å². The van der Waals surface area contributed by atoms with Crippen LogP contribution in [-0.4, -0.2) is 18.4 Å². The minimum absolute atomic E-state index is 0.171. The second-order valence-electron chi connectivity index (χ2n) is 4.39. The molecule has 19 heavy (non-hydrogen) atoms. The Morgan fingerprint density at radius 2 is 1.84 bits per heavy atom. The maximum Gasteiger partial charge on any atom is 0.221 e. The Bertz CT molecular complexity index is 800. The minimum atomic E-state index is -3.51. The van der Waals surface area contributed by atoms with Crippen LogP contribution in [0, 0.1) is 6.92 Å². The first kappa shape index (κ1) is 11.9. The van der Waals surface area contributed by atoms with Crippen molar-refractivity contribution >= 4 is 20.9 Å². The van der Waals surface area contributed by atoms with Gasteiger partial charge in [-0.05, 0) is 37.3 Å². The molecule has 0 amide bonds. The Balaban J connectivity index is 2.16. The number of sulfone groups is 1. The Labute approximate surface area is 111 Å². The van der Waals surface area contributed by atoms with E-state index in [-0.39, 0.29) is 9.92 Å². The van der Waals surface area contributed by atoms with Gasteiger partial charge in [0.1, 0.15) is 10.7 Å². The van der Waals surface area contributed by atoms with Crippen molar-refractivity contribution in [1.82, 2.24) is 9.97 Å². The summed E-state index contributed by atoms with van der Waals surface area (Å²) in [6.07, 6.45) is 1.63. The van der Waals surface area contributed by atoms with Crippen molar-refractivity contribution in [2.75, 3.05) is 0 Å².